The Morgan fingerprint density at radius 2 is 1.40 bits per heavy atom. The number of hydrogen-bond donors (Lipinski definition) is 0. The molecule has 0 saturated carbocycles. The first-order valence-corrected chi connectivity index (χ1v) is 4.66. The van der Waals surface area contributed by atoms with Gasteiger partial charge in [-0.2, -0.15) is 0 Å². The molecule has 0 aliphatic carbocycles. The van der Waals surface area contributed by atoms with Crippen LogP contribution in [0.4, 0.5) is 0 Å². The molecule has 0 N–H and O–H groups in total. The fraction of sp³-hybridized carbons (Fsp3) is 0.333. The van der Waals surface area contributed by atoms with Crippen molar-refractivity contribution in [2.75, 3.05) is 0 Å². The predicted octanol–water partition coefficient (Wildman–Crippen LogP) is 3.72. The van der Waals surface area contributed by atoms with Crippen LogP contribution in [-0.4, -0.2) is 6.29 Å². The van der Waals surface area contributed by atoms with Gasteiger partial charge in [-0.1, -0.05) is 33.2 Å². The highest BCUT2D eigenvalue weighted by Gasteiger charge is 2.03. The molecule has 3 heteroatoms. The third-order valence-electron chi connectivity index (χ3n) is 1.21. The maximum absolute atomic E-state index is 4.99. The summed E-state index contributed by atoms with van der Waals surface area (Å²) in [7, 11) is 0. The maximum Gasteiger partial charge on any atom is 0.239 e. The van der Waals surface area contributed by atoms with Gasteiger partial charge in [-0.05, 0) is 6.42 Å². The Morgan fingerprint density at radius 1 is 0.933 bits per heavy atom. The van der Waals surface area contributed by atoms with Crippen LogP contribution in [-0.2, 0) is 14.2 Å². The summed E-state index contributed by atoms with van der Waals surface area (Å²) in [4.78, 5) is 0. The molecule has 15 heavy (non-hydrogen) atoms. The van der Waals surface area contributed by atoms with E-state index in [4.69, 9.17) is 9.47 Å². The van der Waals surface area contributed by atoms with E-state index in [1.54, 1.807) is 0 Å². The van der Waals surface area contributed by atoms with E-state index >= 15 is 0 Å². The second-order valence-corrected chi connectivity index (χ2v) is 2.29. The van der Waals surface area contributed by atoms with Crippen LogP contribution in [0.15, 0.2) is 51.4 Å². The van der Waals surface area contributed by atoms with Crippen molar-refractivity contribution in [3.8, 4) is 0 Å². The van der Waals surface area contributed by atoms with E-state index in [2.05, 4.69) is 38.0 Å². The smallest absolute Gasteiger partial charge is 0.239 e. The molecular weight excluding hydrogens is 192 g/mol. The Hall–Kier alpha value is -1.64. The Kier molecular flexibility index (Phi) is 15.7. The summed E-state index contributed by atoms with van der Waals surface area (Å²) in [6, 6.07) is 0. The van der Waals surface area contributed by atoms with Crippen LogP contribution in [0.2, 0.25) is 0 Å². The van der Waals surface area contributed by atoms with E-state index in [-0.39, 0.29) is 6.29 Å². The summed E-state index contributed by atoms with van der Waals surface area (Å²) >= 11 is 0. The summed E-state index contributed by atoms with van der Waals surface area (Å²) in [5, 5.41) is 0. The molecular formula is C12H20O3. The highest BCUT2D eigenvalue weighted by Crippen LogP contribution is 2.03. The Balaban J connectivity index is 0. The lowest BCUT2D eigenvalue weighted by molar-refractivity contribution is -0.0654. The zero-order valence-electron chi connectivity index (χ0n) is 9.35. The first-order chi connectivity index (χ1) is 7.26. The summed E-state index contributed by atoms with van der Waals surface area (Å²) in [6.45, 7) is 15.4. The van der Waals surface area contributed by atoms with Crippen molar-refractivity contribution in [3.05, 3.63) is 51.4 Å². The number of hydrogen-bond acceptors (Lipinski definition) is 3. The number of rotatable bonds is 8. The normalized spacial score (nSPS) is 7.87. The van der Waals surface area contributed by atoms with E-state index in [0.29, 0.717) is 0 Å². The fourth-order valence-electron chi connectivity index (χ4n) is 0.687. The lowest BCUT2D eigenvalue weighted by atomic mass is 10.3. The molecule has 0 heterocycles. The average Bonchev–Trinajstić information content (AvgIpc) is 2.21. The van der Waals surface area contributed by atoms with E-state index < -0.39 is 0 Å². The van der Waals surface area contributed by atoms with Crippen molar-refractivity contribution in [2.45, 2.75) is 26.1 Å². The maximum atomic E-state index is 4.99. The molecule has 0 aromatic heterocycles. The van der Waals surface area contributed by atoms with Gasteiger partial charge in [-0.3, -0.25) is 0 Å². The van der Waals surface area contributed by atoms with Gasteiger partial charge in [-0.25, -0.2) is 0 Å². The third-order valence-corrected chi connectivity index (χ3v) is 1.21. The zero-order valence-corrected chi connectivity index (χ0v) is 9.35. The first kappa shape index (κ1) is 15.8. The molecule has 0 aliphatic rings. The minimum absolute atomic E-state index is 0.208. The van der Waals surface area contributed by atoms with Crippen molar-refractivity contribution in [3.63, 3.8) is 0 Å². The highest BCUT2D eigenvalue weighted by molar-refractivity contribution is 4.58. The summed E-state index contributed by atoms with van der Waals surface area (Å²) in [5.41, 5.74) is 0. The van der Waals surface area contributed by atoms with Crippen LogP contribution in [0.3, 0.4) is 0 Å². The molecule has 0 atom stereocenters. The summed E-state index contributed by atoms with van der Waals surface area (Å²) < 4.78 is 14.3. The van der Waals surface area contributed by atoms with Gasteiger partial charge in [0, 0.05) is 6.42 Å². The van der Waals surface area contributed by atoms with Crippen molar-refractivity contribution in [1.82, 2.24) is 0 Å². The van der Waals surface area contributed by atoms with Gasteiger partial charge in [-0.15, -0.1) is 0 Å². The molecule has 0 aliphatic heterocycles. The van der Waals surface area contributed by atoms with Crippen molar-refractivity contribution >= 4 is 0 Å². The molecule has 0 aromatic carbocycles. The van der Waals surface area contributed by atoms with Gasteiger partial charge in [0.25, 0.3) is 0 Å². The molecule has 0 amide bonds. The topological polar surface area (TPSA) is 27.7 Å². The highest BCUT2D eigenvalue weighted by atomic mass is 16.7. The largest absolute Gasteiger partial charge is 0.474 e. The monoisotopic (exact) mass is 212 g/mol. The van der Waals surface area contributed by atoms with Crippen molar-refractivity contribution < 1.29 is 14.2 Å². The molecule has 86 valence electrons. The second kappa shape index (κ2) is 14.9. The molecule has 0 bridgehead atoms. The van der Waals surface area contributed by atoms with E-state index in [9.17, 15) is 0 Å². The average molecular weight is 212 g/mol. The molecule has 0 aromatic rings. The first-order valence-electron chi connectivity index (χ1n) is 4.66. The van der Waals surface area contributed by atoms with Crippen molar-refractivity contribution in [1.29, 1.82) is 0 Å². The minimum atomic E-state index is -0.208. The zero-order chi connectivity index (χ0) is 11.9. The van der Waals surface area contributed by atoms with E-state index in [1.165, 1.54) is 25.0 Å². The lowest BCUT2D eigenvalue weighted by Gasteiger charge is -2.13. The molecule has 0 rings (SSSR count). The van der Waals surface area contributed by atoms with Crippen LogP contribution < -0.4 is 0 Å². The van der Waals surface area contributed by atoms with Gasteiger partial charge in [0.15, 0.2) is 0 Å². The fourth-order valence-corrected chi connectivity index (χ4v) is 0.687. The molecule has 0 spiro atoms. The van der Waals surface area contributed by atoms with E-state index in [0.717, 1.165) is 12.8 Å². The minimum Gasteiger partial charge on any atom is -0.474 e. The van der Waals surface area contributed by atoms with Gasteiger partial charge in [0.05, 0.1) is 25.0 Å². The molecule has 0 unspecified atom stereocenters. The van der Waals surface area contributed by atoms with Crippen LogP contribution in [0.25, 0.3) is 0 Å². The quantitative estimate of drug-likeness (QED) is 0.453. The molecule has 0 saturated heterocycles. The standard InChI is InChI=1S/C8H14O2.C4H6O/c1-4-7-8(9-5-2)10-6-3;1-3-5-4-2/h5-6,8H,2-4,7H2,1H3;3-4H,1-2H2. The van der Waals surface area contributed by atoms with Crippen molar-refractivity contribution in [2.24, 2.45) is 0 Å². The summed E-state index contributed by atoms with van der Waals surface area (Å²) in [5.74, 6) is 0. The van der Waals surface area contributed by atoms with Crippen LogP contribution in [0.1, 0.15) is 19.8 Å². The van der Waals surface area contributed by atoms with E-state index in [1.807, 2.05) is 0 Å². The van der Waals surface area contributed by atoms with Crippen LogP contribution in [0.5, 0.6) is 0 Å². The van der Waals surface area contributed by atoms with Gasteiger partial charge >= 0.3 is 0 Å². The second-order valence-electron chi connectivity index (χ2n) is 2.29. The number of ether oxygens (including phenoxy) is 3. The Bertz CT molecular complexity index is 160. The van der Waals surface area contributed by atoms with Gasteiger partial charge < -0.3 is 14.2 Å². The van der Waals surface area contributed by atoms with Gasteiger partial charge in [0.1, 0.15) is 0 Å². The molecule has 3 nitrogen and oxygen atoms in total. The lowest BCUT2D eigenvalue weighted by Crippen LogP contribution is -2.10. The molecule has 0 fully saturated rings. The SMILES string of the molecule is C=COC(CCC)OC=C.C=COC=C. The Labute approximate surface area is 92.3 Å². The Morgan fingerprint density at radius 3 is 1.60 bits per heavy atom. The predicted molar refractivity (Wildman–Crippen MR) is 62.7 cm³/mol. The third kappa shape index (κ3) is 15.1. The summed E-state index contributed by atoms with van der Waals surface area (Å²) in [6.07, 6.45) is 7.05. The van der Waals surface area contributed by atoms with Crippen LogP contribution >= 0.6 is 0 Å². The van der Waals surface area contributed by atoms with Gasteiger partial charge in [0.2, 0.25) is 6.29 Å². The van der Waals surface area contributed by atoms with Crippen LogP contribution in [0, 0.1) is 0 Å². The molecule has 0 radical (unpaired) electrons.